The van der Waals surface area contributed by atoms with Crippen LogP contribution in [0, 0.1) is 0 Å². The molecule has 14 heteroatoms. The molecule has 188 valence electrons. The van der Waals surface area contributed by atoms with Crippen LogP contribution in [0.5, 0.6) is 11.5 Å². The molecule has 0 spiro atoms. The zero-order chi connectivity index (χ0) is 25.4. The summed E-state index contributed by atoms with van der Waals surface area (Å²) in [7, 11) is 0. The Hall–Kier alpha value is -5.01. The zero-order valence-electron chi connectivity index (χ0n) is 19.0. The van der Waals surface area contributed by atoms with Crippen molar-refractivity contribution in [1.29, 1.82) is 0 Å². The average Bonchev–Trinajstić information content (AvgIpc) is 3.64. The molecule has 12 nitrogen and oxygen atoms in total. The van der Waals surface area contributed by atoms with Gasteiger partial charge < -0.3 is 24.5 Å². The lowest BCUT2D eigenvalue weighted by molar-refractivity contribution is -0.0494. The van der Waals surface area contributed by atoms with E-state index in [1.165, 1.54) is 33.9 Å². The molecule has 37 heavy (non-hydrogen) atoms. The molecule has 4 aromatic heterocycles. The van der Waals surface area contributed by atoms with E-state index in [1.807, 2.05) is 0 Å². The number of amides is 1. The second-order valence-electron chi connectivity index (χ2n) is 7.91. The number of aromatic nitrogens is 6. The highest BCUT2D eigenvalue weighted by atomic mass is 19.3. The van der Waals surface area contributed by atoms with Crippen LogP contribution in [0.25, 0.3) is 16.9 Å². The molecule has 6 rings (SSSR count). The summed E-state index contributed by atoms with van der Waals surface area (Å²) in [5.41, 5.74) is 1.68. The first-order chi connectivity index (χ1) is 18.0. The molecule has 0 fully saturated rings. The fourth-order valence-corrected chi connectivity index (χ4v) is 3.98. The summed E-state index contributed by atoms with van der Waals surface area (Å²) in [4.78, 5) is 21.5. The van der Waals surface area contributed by atoms with Crippen LogP contribution in [-0.4, -0.2) is 55.0 Å². The second-order valence-corrected chi connectivity index (χ2v) is 7.91. The molecule has 0 bridgehead atoms. The SMILES string of the molecule is O=C(Nc1cn(Cc2ncco2)nc1-c1cc2c(cc1OC(F)F)NCCO2)c1cnn2cccnc12. The van der Waals surface area contributed by atoms with Gasteiger partial charge in [0.25, 0.3) is 5.91 Å². The van der Waals surface area contributed by atoms with Crippen LogP contribution in [-0.2, 0) is 6.54 Å². The van der Waals surface area contributed by atoms with E-state index in [-0.39, 0.29) is 34.8 Å². The smallest absolute Gasteiger partial charge is 0.387 e. The lowest BCUT2D eigenvalue weighted by Gasteiger charge is -2.21. The number of benzene rings is 1. The number of hydrogen-bond donors (Lipinski definition) is 2. The van der Waals surface area contributed by atoms with Gasteiger partial charge in [-0.2, -0.15) is 19.0 Å². The van der Waals surface area contributed by atoms with Crippen LogP contribution in [0.15, 0.2) is 59.9 Å². The number of hydrogen-bond acceptors (Lipinski definition) is 9. The summed E-state index contributed by atoms with van der Waals surface area (Å²) in [6.45, 7) is -2.05. The molecular weight excluding hydrogens is 490 g/mol. The molecule has 2 N–H and O–H groups in total. The third kappa shape index (κ3) is 4.39. The van der Waals surface area contributed by atoms with Crippen molar-refractivity contribution < 1.29 is 27.5 Å². The minimum Gasteiger partial charge on any atom is -0.490 e. The molecule has 1 aliphatic heterocycles. The van der Waals surface area contributed by atoms with Gasteiger partial charge in [0.15, 0.2) is 5.65 Å². The molecule has 0 saturated heterocycles. The van der Waals surface area contributed by atoms with Crippen molar-refractivity contribution in [1.82, 2.24) is 29.4 Å². The van der Waals surface area contributed by atoms with Crippen LogP contribution >= 0.6 is 0 Å². The number of halogens is 2. The maximum absolute atomic E-state index is 13.3. The number of alkyl halides is 2. The van der Waals surface area contributed by atoms with Crippen molar-refractivity contribution in [2.75, 3.05) is 23.8 Å². The minimum absolute atomic E-state index is 0.127. The average molecular weight is 508 g/mol. The first-order valence-electron chi connectivity index (χ1n) is 11.1. The number of nitrogens with one attached hydrogen (secondary N) is 2. The van der Waals surface area contributed by atoms with Crippen molar-refractivity contribution in [2.45, 2.75) is 13.2 Å². The molecule has 0 aliphatic carbocycles. The monoisotopic (exact) mass is 508 g/mol. The lowest BCUT2D eigenvalue weighted by Crippen LogP contribution is -2.18. The number of rotatable bonds is 7. The highest BCUT2D eigenvalue weighted by molar-refractivity contribution is 6.09. The molecule has 5 aromatic rings. The summed E-state index contributed by atoms with van der Waals surface area (Å²) in [6.07, 6.45) is 9.04. The Bertz CT molecular complexity index is 1580. The van der Waals surface area contributed by atoms with Gasteiger partial charge in [0, 0.05) is 31.2 Å². The minimum atomic E-state index is -3.08. The van der Waals surface area contributed by atoms with E-state index < -0.39 is 12.5 Å². The van der Waals surface area contributed by atoms with E-state index in [0.717, 1.165) is 0 Å². The van der Waals surface area contributed by atoms with Gasteiger partial charge in [-0.15, -0.1) is 0 Å². The van der Waals surface area contributed by atoms with Gasteiger partial charge in [-0.3, -0.25) is 9.48 Å². The van der Waals surface area contributed by atoms with E-state index in [4.69, 9.17) is 13.9 Å². The van der Waals surface area contributed by atoms with Crippen molar-refractivity contribution >= 4 is 22.9 Å². The highest BCUT2D eigenvalue weighted by Gasteiger charge is 2.25. The number of nitrogens with zero attached hydrogens (tertiary/aromatic N) is 6. The first-order valence-corrected chi connectivity index (χ1v) is 11.1. The lowest BCUT2D eigenvalue weighted by atomic mass is 10.1. The number of oxazole rings is 1. The van der Waals surface area contributed by atoms with Crippen molar-refractivity contribution in [3.8, 4) is 22.8 Å². The quantitative estimate of drug-likeness (QED) is 0.340. The standard InChI is InChI=1S/C23H18F2N8O4/c24-23(25)37-17-9-15-18(35-6-3-26-15)8-13(17)20-16(11-32(31-20)12-19-27-4-7-36-19)30-22(34)14-10-29-33-5-1-2-28-21(14)33/h1-2,4-5,7-11,23,26H,3,6,12H2,(H,30,34). The Kier molecular flexibility index (Phi) is 5.59. The van der Waals surface area contributed by atoms with E-state index in [0.29, 0.717) is 36.1 Å². The molecule has 0 unspecified atom stereocenters. The van der Waals surface area contributed by atoms with Crippen LogP contribution in [0.4, 0.5) is 20.2 Å². The number of ether oxygens (including phenoxy) is 2. The number of carbonyl (C=O) groups excluding carboxylic acids is 1. The Labute approximate surface area is 206 Å². The van der Waals surface area contributed by atoms with Crippen LogP contribution < -0.4 is 20.1 Å². The van der Waals surface area contributed by atoms with Crippen LogP contribution in [0.1, 0.15) is 16.2 Å². The van der Waals surface area contributed by atoms with E-state index in [2.05, 4.69) is 30.8 Å². The predicted octanol–water partition coefficient (Wildman–Crippen LogP) is 3.29. The number of carbonyl (C=O) groups is 1. The largest absolute Gasteiger partial charge is 0.490 e. The fraction of sp³-hybridized carbons (Fsp3) is 0.174. The Morgan fingerprint density at radius 3 is 3.03 bits per heavy atom. The number of fused-ring (bicyclic) bond motifs is 2. The maximum Gasteiger partial charge on any atom is 0.387 e. The zero-order valence-corrected chi connectivity index (χ0v) is 19.0. The van der Waals surface area contributed by atoms with Gasteiger partial charge in [0.1, 0.15) is 42.2 Å². The molecular formula is C23H18F2N8O4. The third-order valence-corrected chi connectivity index (χ3v) is 5.54. The first kappa shape index (κ1) is 22.5. The molecule has 1 amide bonds. The highest BCUT2D eigenvalue weighted by Crippen LogP contribution is 2.42. The Balaban J connectivity index is 1.44. The Morgan fingerprint density at radius 1 is 1.27 bits per heavy atom. The van der Waals surface area contributed by atoms with Gasteiger partial charge in [0.05, 0.1) is 29.3 Å². The van der Waals surface area contributed by atoms with Crippen molar-refractivity contribution in [3.63, 3.8) is 0 Å². The van der Waals surface area contributed by atoms with Gasteiger partial charge in [-0.25, -0.2) is 14.5 Å². The fourth-order valence-electron chi connectivity index (χ4n) is 3.98. The molecule has 0 radical (unpaired) electrons. The third-order valence-electron chi connectivity index (χ3n) is 5.54. The summed E-state index contributed by atoms with van der Waals surface area (Å²) in [5.74, 6) is 0.147. The summed E-state index contributed by atoms with van der Waals surface area (Å²) in [5, 5.41) is 14.6. The molecule has 5 heterocycles. The molecule has 1 aromatic carbocycles. The van der Waals surface area contributed by atoms with Gasteiger partial charge in [-0.1, -0.05) is 0 Å². The van der Waals surface area contributed by atoms with Gasteiger partial charge >= 0.3 is 6.61 Å². The van der Waals surface area contributed by atoms with Crippen molar-refractivity contribution in [3.05, 3.63) is 66.9 Å². The summed E-state index contributed by atoms with van der Waals surface area (Å²) >= 11 is 0. The number of anilines is 2. The van der Waals surface area contributed by atoms with Gasteiger partial charge in [-0.05, 0) is 12.1 Å². The second kappa shape index (κ2) is 9.22. The van der Waals surface area contributed by atoms with Crippen LogP contribution in [0.2, 0.25) is 0 Å². The van der Waals surface area contributed by atoms with Crippen molar-refractivity contribution in [2.24, 2.45) is 0 Å². The van der Waals surface area contributed by atoms with E-state index in [9.17, 15) is 13.6 Å². The molecule has 1 aliphatic rings. The molecule has 0 atom stereocenters. The van der Waals surface area contributed by atoms with Gasteiger partial charge in [0.2, 0.25) is 5.89 Å². The normalized spacial score (nSPS) is 12.7. The maximum atomic E-state index is 13.3. The summed E-state index contributed by atoms with van der Waals surface area (Å²) in [6, 6.07) is 4.65. The van der Waals surface area contributed by atoms with E-state index in [1.54, 1.807) is 30.7 Å². The van der Waals surface area contributed by atoms with E-state index >= 15 is 0 Å². The molecule has 0 saturated carbocycles. The summed E-state index contributed by atoms with van der Waals surface area (Å²) < 4.78 is 45.4. The van der Waals surface area contributed by atoms with Crippen LogP contribution in [0.3, 0.4) is 0 Å². The predicted molar refractivity (Wildman–Crippen MR) is 125 cm³/mol. The topological polar surface area (TPSA) is 134 Å². The Morgan fingerprint density at radius 2 is 2.19 bits per heavy atom.